The van der Waals surface area contributed by atoms with Crippen LogP contribution in [0.15, 0.2) is 73.1 Å². The number of H-pyrrole nitrogens is 1. The molecular weight excluding hydrogens is 370 g/mol. The van der Waals surface area contributed by atoms with Crippen LogP contribution >= 0.6 is 0 Å². The Morgan fingerprint density at radius 3 is 2.20 bits per heavy atom. The number of carbonyl (C=O) groups excluding carboxylic acids is 1. The van der Waals surface area contributed by atoms with E-state index in [9.17, 15) is 4.79 Å². The van der Waals surface area contributed by atoms with Gasteiger partial charge >= 0.3 is 0 Å². The molecule has 0 bridgehead atoms. The lowest BCUT2D eigenvalue weighted by Gasteiger charge is -2.23. The van der Waals surface area contributed by atoms with Crippen LogP contribution in [0.3, 0.4) is 0 Å². The third-order valence-corrected chi connectivity index (χ3v) is 5.87. The van der Waals surface area contributed by atoms with Gasteiger partial charge in [0, 0.05) is 17.1 Å². The number of aromatic nitrogens is 2. The molecular formula is C26H29N3O. The van der Waals surface area contributed by atoms with Crippen LogP contribution in [-0.4, -0.2) is 15.9 Å². The van der Waals surface area contributed by atoms with Crippen molar-refractivity contribution in [1.82, 2.24) is 9.97 Å². The Morgan fingerprint density at radius 2 is 1.50 bits per heavy atom. The Bertz CT molecular complexity index is 1020. The van der Waals surface area contributed by atoms with Crippen LogP contribution in [0.25, 0.3) is 11.0 Å². The van der Waals surface area contributed by atoms with Crippen LogP contribution < -0.4 is 5.32 Å². The van der Waals surface area contributed by atoms with Crippen molar-refractivity contribution in [3.05, 3.63) is 84.2 Å². The minimum atomic E-state index is -0.113. The van der Waals surface area contributed by atoms with Crippen molar-refractivity contribution in [2.75, 3.05) is 5.32 Å². The van der Waals surface area contributed by atoms with Gasteiger partial charge in [0.2, 0.25) is 0 Å². The molecule has 154 valence electrons. The van der Waals surface area contributed by atoms with Crippen molar-refractivity contribution < 1.29 is 4.79 Å². The first-order valence-electron chi connectivity index (χ1n) is 11.0. The average molecular weight is 400 g/mol. The predicted molar refractivity (Wildman–Crippen MR) is 123 cm³/mol. The lowest BCUT2D eigenvalue weighted by molar-refractivity contribution is 0.102. The molecule has 1 fully saturated rings. The summed E-state index contributed by atoms with van der Waals surface area (Å²) >= 11 is 0. The molecule has 0 spiro atoms. The summed E-state index contributed by atoms with van der Waals surface area (Å²) in [5.74, 6) is 0.334. The van der Waals surface area contributed by atoms with E-state index in [1.165, 1.54) is 37.7 Å². The molecule has 3 aromatic rings. The maximum atomic E-state index is 13.1. The first-order chi connectivity index (χ1) is 14.8. The van der Waals surface area contributed by atoms with Gasteiger partial charge in [0.05, 0.1) is 11.9 Å². The summed E-state index contributed by atoms with van der Waals surface area (Å²) in [5, 5.41) is 4.30. The number of nitrogens with zero attached hydrogens (tertiary/aromatic N) is 1. The zero-order chi connectivity index (χ0) is 20.6. The van der Waals surface area contributed by atoms with Crippen LogP contribution in [-0.2, 0) is 0 Å². The number of amides is 1. The van der Waals surface area contributed by atoms with Gasteiger partial charge in [0.15, 0.2) is 0 Å². The van der Waals surface area contributed by atoms with Gasteiger partial charge in [-0.1, -0.05) is 74.6 Å². The monoisotopic (exact) mass is 399 g/mol. The van der Waals surface area contributed by atoms with Crippen LogP contribution in [0.4, 0.5) is 5.69 Å². The number of aromatic amines is 1. The van der Waals surface area contributed by atoms with Crippen molar-refractivity contribution in [3.63, 3.8) is 0 Å². The number of hydrogen-bond acceptors (Lipinski definition) is 2. The molecule has 0 aliphatic heterocycles. The molecule has 1 aliphatic rings. The van der Waals surface area contributed by atoms with Crippen LogP contribution in [0.1, 0.15) is 66.8 Å². The van der Waals surface area contributed by atoms with E-state index >= 15 is 0 Å². The number of fused-ring (bicyclic) bond motifs is 1. The fourth-order valence-electron chi connectivity index (χ4n) is 4.35. The first kappa shape index (κ1) is 20.1. The quantitative estimate of drug-likeness (QED) is 0.511. The van der Waals surface area contributed by atoms with Crippen LogP contribution in [0.5, 0.6) is 0 Å². The van der Waals surface area contributed by atoms with Gasteiger partial charge in [-0.3, -0.25) is 4.79 Å². The topological polar surface area (TPSA) is 57.8 Å². The predicted octanol–water partition coefficient (Wildman–Crippen LogP) is 6.77. The lowest BCUT2D eigenvalue weighted by Crippen LogP contribution is -2.15. The molecule has 1 aromatic carbocycles. The highest BCUT2D eigenvalue weighted by atomic mass is 16.1. The Morgan fingerprint density at radius 1 is 0.867 bits per heavy atom. The Kier molecular flexibility index (Phi) is 6.75. The molecule has 0 radical (unpaired) electrons. The van der Waals surface area contributed by atoms with E-state index in [1.54, 1.807) is 0 Å². The standard InChI is InChI=1S/C26H29N3O/c30-26(21-15-11-5-2-1-3-6-12-16-21)29-23-19-28-25-22(17-18-27-25)24(23)20-13-9-7-4-8-10-14-20/h1-3,5-6,11-12,15-20H,4,7-10,13-14H2,(H,27,28)(H,29,30). The normalized spacial score (nSPS) is 15.1. The van der Waals surface area contributed by atoms with Crippen LogP contribution in [0.2, 0.25) is 0 Å². The molecule has 4 heteroatoms. The maximum Gasteiger partial charge on any atom is 0.255 e. The van der Waals surface area contributed by atoms with Gasteiger partial charge in [-0.05, 0) is 42.5 Å². The van der Waals surface area contributed by atoms with Gasteiger partial charge in [-0.2, -0.15) is 0 Å². The zero-order valence-electron chi connectivity index (χ0n) is 17.3. The minimum Gasteiger partial charge on any atom is -0.346 e. The average Bonchev–Trinajstić information content (AvgIpc) is 3.21. The van der Waals surface area contributed by atoms with Crippen molar-refractivity contribution in [2.45, 2.75) is 50.9 Å². The largest absolute Gasteiger partial charge is 0.346 e. The summed E-state index contributed by atoms with van der Waals surface area (Å²) in [6.45, 7) is 0. The van der Waals surface area contributed by atoms with E-state index in [0.29, 0.717) is 11.5 Å². The Balaban J connectivity index is 1.70. The van der Waals surface area contributed by atoms with Crippen molar-refractivity contribution in [2.24, 2.45) is 0 Å². The van der Waals surface area contributed by atoms with E-state index in [1.807, 2.05) is 67.0 Å². The fraction of sp³-hybridized carbons (Fsp3) is 0.308. The summed E-state index contributed by atoms with van der Waals surface area (Å²) in [7, 11) is 0. The number of rotatable bonds is 3. The van der Waals surface area contributed by atoms with Crippen LogP contribution in [0, 0.1) is 0 Å². The number of hydrogen-bond donors (Lipinski definition) is 2. The Labute approximate surface area is 178 Å². The molecule has 30 heavy (non-hydrogen) atoms. The highest BCUT2D eigenvalue weighted by Crippen LogP contribution is 2.38. The minimum absolute atomic E-state index is 0.113. The van der Waals surface area contributed by atoms with E-state index in [4.69, 9.17) is 0 Å². The molecule has 4 nitrogen and oxygen atoms in total. The second kappa shape index (κ2) is 10.1. The van der Waals surface area contributed by atoms with E-state index in [2.05, 4.69) is 21.4 Å². The molecule has 2 aromatic heterocycles. The SMILES string of the molecule is O=C(Nc1cnc2[nH]ccc2c1C1CCCCCCC1)c1ccccccccc1. The smallest absolute Gasteiger partial charge is 0.255 e. The summed E-state index contributed by atoms with van der Waals surface area (Å²) in [4.78, 5) is 20.9. The number of nitrogens with one attached hydrogen (secondary N) is 2. The van der Waals surface area contributed by atoms with Crippen molar-refractivity contribution in [3.8, 4) is 0 Å². The second-order valence-electron chi connectivity index (χ2n) is 7.96. The molecule has 0 atom stereocenters. The zero-order valence-corrected chi connectivity index (χ0v) is 17.3. The number of carbonyl (C=O) groups is 1. The van der Waals surface area contributed by atoms with Gasteiger partial charge in [0.1, 0.15) is 5.65 Å². The molecule has 2 N–H and O–H groups in total. The van der Waals surface area contributed by atoms with Gasteiger partial charge < -0.3 is 10.3 Å². The summed E-state index contributed by atoms with van der Waals surface area (Å²) in [5.41, 5.74) is 3.58. The molecule has 1 amide bonds. The van der Waals surface area contributed by atoms with Gasteiger partial charge in [0.25, 0.3) is 5.91 Å². The van der Waals surface area contributed by atoms with Crippen molar-refractivity contribution >= 4 is 22.6 Å². The number of anilines is 1. The highest BCUT2D eigenvalue weighted by molar-refractivity contribution is 6.05. The maximum absolute atomic E-state index is 13.1. The van der Waals surface area contributed by atoms with Gasteiger partial charge in [-0.15, -0.1) is 0 Å². The number of pyridine rings is 1. The third-order valence-electron chi connectivity index (χ3n) is 5.87. The molecule has 0 unspecified atom stereocenters. The molecule has 2 heterocycles. The second-order valence-corrected chi connectivity index (χ2v) is 7.96. The van der Waals surface area contributed by atoms with Crippen molar-refractivity contribution in [1.29, 1.82) is 0 Å². The summed E-state index contributed by atoms with van der Waals surface area (Å²) in [6, 6.07) is 19.2. The van der Waals surface area contributed by atoms with E-state index in [0.717, 1.165) is 29.6 Å². The lowest BCUT2D eigenvalue weighted by atomic mass is 9.84. The van der Waals surface area contributed by atoms with Gasteiger partial charge in [-0.25, -0.2) is 4.98 Å². The summed E-state index contributed by atoms with van der Waals surface area (Å²) < 4.78 is 0. The fourth-order valence-corrected chi connectivity index (χ4v) is 4.35. The first-order valence-corrected chi connectivity index (χ1v) is 11.0. The Hall–Kier alpha value is -3.14. The van der Waals surface area contributed by atoms with E-state index < -0.39 is 0 Å². The third kappa shape index (κ3) is 4.88. The summed E-state index contributed by atoms with van der Waals surface area (Å²) in [6.07, 6.45) is 12.5. The highest BCUT2D eigenvalue weighted by Gasteiger charge is 2.22. The van der Waals surface area contributed by atoms with E-state index in [-0.39, 0.29) is 5.91 Å². The molecule has 0 saturated heterocycles. The molecule has 4 rings (SSSR count). The molecule has 1 aliphatic carbocycles. The molecule has 1 saturated carbocycles.